The molecule has 0 N–H and O–H groups in total. The number of hydrogen-bond donors (Lipinski definition) is 0. The first-order valence-corrected chi connectivity index (χ1v) is 9.73. The van der Waals surface area contributed by atoms with Gasteiger partial charge in [-0.25, -0.2) is 13.4 Å². The van der Waals surface area contributed by atoms with Gasteiger partial charge in [0.25, 0.3) is 5.91 Å². The summed E-state index contributed by atoms with van der Waals surface area (Å²) in [7, 11) is -3.09. The molecule has 1 aromatic heterocycles. The normalized spacial score (nSPS) is 20.1. The van der Waals surface area contributed by atoms with E-state index >= 15 is 0 Å². The molecule has 22 heavy (non-hydrogen) atoms. The van der Waals surface area contributed by atoms with E-state index in [1.165, 1.54) is 11.1 Å². The number of aromatic nitrogens is 1. The van der Waals surface area contributed by atoms with Crippen molar-refractivity contribution in [1.82, 2.24) is 9.88 Å². The quantitative estimate of drug-likeness (QED) is 0.799. The fourth-order valence-electron chi connectivity index (χ4n) is 2.44. The van der Waals surface area contributed by atoms with Gasteiger partial charge >= 0.3 is 0 Å². The van der Waals surface area contributed by atoms with Crippen molar-refractivity contribution in [1.29, 1.82) is 0 Å². The Morgan fingerprint density at radius 2 is 2.05 bits per heavy atom. The second kappa shape index (κ2) is 6.91. The fraction of sp³-hybridized carbons (Fsp3) is 0.538. The van der Waals surface area contributed by atoms with Gasteiger partial charge in [0, 0.05) is 18.8 Å². The van der Waals surface area contributed by atoms with Crippen LogP contribution in [0, 0.1) is 0 Å². The number of halogens is 3. The average Bonchev–Trinajstić information content (AvgIpc) is 2.81. The number of carbonyl (C=O) groups is 1. The minimum Gasteiger partial charge on any atom is -0.333 e. The number of pyridine rings is 1. The van der Waals surface area contributed by atoms with Crippen LogP contribution in [0.15, 0.2) is 6.20 Å². The van der Waals surface area contributed by atoms with Crippen molar-refractivity contribution < 1.29 is 13.2 Å². The maximum Gasteiger partial charge on any atom is 0.274 e. The lowest BCUT2D eigenvalue weighted by Crippen LogP contribution is -2.42. The molecule has 5 nitrogen and oxygen atoms in total. The van der Waals surface area contributed by atoms with E-state index in [9.17, 15) is 13.2 Å². The predicted octanol–water partition coefficient (Wildman–Crippen LogP) is 3.08. The van der Waals surface area contributed by atoms with Crippen LogP contribution in [-0.4, -0.2) is 48.3 Å². The van der Waals surface area contributed by atoms with Gasteiger partial charge in [-0.1, -0.05) is 41.7 Å². The van der Waals surface area contributed by atoms with E-state index < -0.39 is 15.7 Å². The molecule has 0 saturated carbocycles. The Morgan fingerprint density at radius 3 is 2.59 bits per heavy atom. The van der Waals surface area contributed by atoms with Crippen molar-refractivity contribution in [2.45, 2.75) is 25.8 Å². The standard InChI is InChI=1S/C13H15Cl3N2O3S/c1-2-4-18(8-3-5-22(20,21)7-8)13(19)12-11(16)10(15)9(14)6-17-12/h6,8H,2-5,7H2,1H3. The van der Waals surface area contributed by atoms with Gasteiger partial charge < -0.3 is 4.90 Å². The summed E-state index contributed by atoms with van der Waals surface area (Å²) >= 11 is 17.8. The van der Waals surface area contributed by atoms with Gasteiger partial charge in [0.1, 0.15) is 5.69 Å². The lowest BCUT2D eigenvalue weighted by atomic mass is 10.2. The topological polar surface area (TPSA) is 67.3 Å². The van der Waals surface area contributed by atoms with Crippen LogP contribution in [0.1, 0.15) is 30.3 Å². The van der Waals surface area contributed by atoms with Crippen LogP contribution in [0.4, 0.5) is 0 Å². The second-order valence-electron chi connectivity index (χ2n) is 5.14. The number of sulfone groups is 1. The van der Waals surface area contributed by atoms with E-state index in [4.69, 9.17) is 34.8 Å². The molecule has 0 spiro atoms. The van der Waals surface area contributed by atoms with E-state index in [1.54, 1.807) is 0 Å². The summed E-state index contributed by atoms with van der Waals surface area (Å²) in [4.78, 5) is 18.2. The fourth-order valence-corrected chi connectivity index (χ4v) is 4.73. The molecule has 1 aromatic rings. The number of amides is 1. The lowest BCUT2D eigenvalue weighted by molar-refractivity contribution is 0.0691. The highest BCUT2D eigenvalue weighted by atomic mass is 35.5. The minimum atomic E-state index is -3.09. The Kier molecular flexibility index (Phi) is 5.59. The Balaban J connectivity index is 2.33. The lowest BCUT2D eigenvalue weighted by Gasteiger charge is -2.28. The number of nitrogens with zero attached hydrogens (tertiary/aromatic N) is 2. The molecule has 0 radical (unpaired) electrons. The number of rotatable bonds is 4. The van der Waals surface area contributed by atoms with Crippen LogP contribution in [-0.2, 0) is 9.84 Å². The molecule has 2 heterocycles. The molecule has 1 fully saturated rings. The summed E-state index contributed by atoms with van der Waals surface area (Å²) in [6.07, 6.45) is 2.38. The van der Waals surface area contributed by atoms with Crippen molar-refractivity contribution in [2.75, 3.05) is 18.1 Å². The zero-order chi connectivity index (χ0) is 16.5. The SMILES string of the molecule is CCCN(C(=O)c1ncc(Cl)c(Cl)c1Cl)C1CCS(=O)(=O)C1. The zero-order valence-corrected chi connectivity index (χ0v) is 14.9. The maximum absolute atomic E-state index is 12.7. The first-order valence-electron chi connectivity index (χ1n) is 6.77. The molecule has 0 aromatic carbocycles. The molecule has 0 bridgehead atoms. The second-order valence-corrected chi connectivity index (χ2v) is 8.53. The molecule has 2 rings (SSSR count). The number of carbonyl (C=O) groups excluding carboxylic acids is 1. The highest BCUT2D eigenvalue weighted by Crippen LogP contribution is 2.32. The van der Waals surface area contributed by atoms with Crippen molar-refractivity contribution in [2.24, 2.45) is 0 Å². The van der Waals surface area contributed by atoms with Gasteiger partial charge in [-0.05, 0) is 12.8 Å². The number of hydrogen-bond acceptors (Lipinski definition) is 4. The highest BCUT2D eigenvalue weighted by molar-refractivity contribution is 7.91. The molecule has 1 unspecified atom stereocenters. The summed E-state index contributed by atoms with van der Waals surface area (Å²) in [5.74, 6) is -0.363. The Bertz CT molecular complexity index is 694. The first-order chi connectivity index (χ1) is 10.3. The summed E-state index contributed by atoms with van der Waals surface area (Å²) < 4.78 is 23.3. The molecule has 1 saturated heterocycles. The van der Waals surface area contributed by atoms with E-state index in [2.05, 4.69) is 4.98 Å². The van der Waals surface area contributed by atoms with Crippen molar-refractivity contribution >= 4 is 50.5 Å². The van der Waals surface area contributed by atoms with Crippen LogP contribution in [0.5, 0.6) is 0 Å². The van der Waals surface area contributed by atoms with E-state index in [-0.39, 0.29) is 38.3 Å². The third-order valence-electron chi connectivity index (χ3n) is 3.49. The van der Waals surface area contributed by atoms with Crippen LogP contribution < -0.4 is 0 Å². The van der Waals surface area contributed by atoms with Gasteiger partial charge in [0.2, 0.25) is 0 Å². The van der Waals surface area contributed by atoms with Crippen molar-refractivity contribution in [3.8, 4) is 0 Å². The van der Waals surface area contributed by atoms with Crippen LogP contribution in [0.3, 0.4) is 0 Å². The molecule has 1 atom stereocenters. The summed E-state index contributed by atoms with van der Waals surface area (Å²) in [6, 6.07) is -0.357. The van der Waals surface area contributed by atoms with Gasteiger partial charge in [-0.15, -0.1) is 0 Å². The van der Waals surface area contributed by atoms with Crippen LogP contribution in [0.2, 0.25) is 15.1 Å². The maximum atomic E-state index is 12.7. The Hall–Kier alpha value is -0.560. The van der Waals surface area contributed by atoms with E-state index in [0.717, 1.165) is 0 Å². The van der Waals surface area contributed by atoms with Gasteiger partial charge in [0.15, 0.2) is 9.84 Å². The van der Waals surface area contributed by atoms with Gasteiger partial charge in [-0.3, -0.25) is 4.79 Å². The molecule has 122 valence electrons. The van der Waals surface area contributed by atoms with Crippen LogP contribution >= 0.6 is 34.8 Å². The van der Waals surface area contributed by atoms with Crippen molar-refractivity contribution in [3.63, 3.8) is 0 Å². The minimum absolute atomic E-state index is 0.00573. The molecule has 0 aliphatic carbocycles. The summed E-state index contributed by atoms with van der Waals surface area (Å²) in [5, 5.41) is 0.215. The highest BCUT2D eigenvalue weighted by Gasteiger charge is 2.35. The molecular formula is C13H15Cl3N2O3S. The van der Waals surface area contributed by atoms with E-state index in [1.807, 2.05) is 6.92 Å². The first kappa shape index (κ1) is 17.8. The third kappa shape index (κ3) is 3.67. The summed E-state index contributed by atoms with van der Waals surface area (Å²) in [5.41, 5.74) is -0.00573. The average molecular weight is 386 g/mol. The van der Waals surface area contributed by atoms with Gasteiger partial charge in [-0.2, -0.15) is 0 Å². The van der Waals surface area contributed by atoms with E-state index in [0.29, 0.717) is 19.4 Å². The smallest absolute Gasteiger partial charge is 0.274 e. The molecule has 9 heteroatoms. The largest absolute Gasteiger partial charge is 0.333 e. The zero-order valence-electron chi connectivity index (χ0n) is 11.9. The molecule has 1 amide bonds. The monoisotopic (exact) mass is 384 g/mol. The Labute approximate surface area is 144 Å². The molecule has 1 aliphatic rings. The van der Waals surface area contributed by atoms with Crippen LogP contribution in [0.25, 0.3) is 0 Å². The molecular weight excluding hydrogens is 371 g/mol. The third-order valence-corrected chi connectivity index (χ3v) is 6.49. The molecule has 1 aliphatic heterocycles. The predicted molar refractivity (Wildman–Crippen MR) is 87.7 cm³/mol. The van der Waals surface area contributed by atoms with Crippen molar-refractivity contribution in [3.05, 3.63) is 27.0 Å². The summed E-state index contributed by atoms with van der Waals surface area (Å²) in [6.45, 7) is 2.34. The Morgan fingerprint density at radius 1 is 1.36 bits per heavy atom. The van der Waals surface area contributed by atoms with Gasteiger partial charge in [0.05, 0.1) is 26.6 Å².